The molecule has 7 nitrogen and oxygen atoms in total. The average molecular weight is 290 g/mol. The number of ether oxygens (including phenoxy) is 1. The Balaban J connectivity index is 2.44. The fourth-order valence-corrected chi connectivity index (χ4v) is 2.05. The summed E-state index contributed by atoms with van der Waals surface area (Å²) in [4.78, 5) is 30.1. The van der Waals surface area contributed by atoms with Crippen LogP contribution in [0.25, 0.3) is 10.9 Å². The minimum atomic E-state index is -0.531. The van der Waals surface area contributed by atoms with Crippen molar-refractivity contribution in [3.05, 3.63) is 28.8 Å². The Hall–Kier alpha value is -2.57. The summed E-state index contributed by atoms with van der Waals surface area (Å²) in [7, 11) is 1.34. The summed E-state index contributed by atoms with van der Waals surface area (Å²) in [6.07, 6.45) is 1.32. The van der Waals surface area contributed by atoms with Crippen molar-refractivity contribution in [3.8, 4) is 0 Å². The van der Waals surface area contributed by atoms with Gasteiger partial charge in [0.1, 0.15) is 6.04 Å². The molecular weight excluding hydrogens is 272 g/mol. The number of benzene rings is 1. The van der Waals surface area contributed by atoms with Gasteiger partial charge in [0.2, 0.25) is 0 Å². The summed E-state index contributed by atoms with van der Waals surface area (Å²) in [5, 5.41) is 3.46. The van der Waals surface area contributed by atoms with Crippen molar-refractivity contribution in [1.82, 2.24) is 9.97 Å². The molecule has 1 heterocycles. The van der Waals surface area contributed by atoms with Crippen LogP contribution in [-0.4, -0.2) is 29.1 Å². The van der Waals surface area contributed by atoms with Crippen molar-refractivity contribution < 1.29 is 9.53 Å². The van der Waals surface area contributed by atoms with E-state index < -0.39 is 6.04 Å². The number of hydrogen-bond donors (Lipinski definition) is 3. The molecule has 1 unspecified atom stereocenters. The number of H-pyrrole nitrogens is 1. The van der Waals surface area contributed by atoms with Gasteiger partial charge in [-0.15, -0.1) is 0 Å². The summed E-state index contributed by atoms with van der Waals surface area (Å²) < 4.78 is 4.78. The Bertz CT molecular complexity index is 724. The van der Waals surface area contributed by atoms with Crippen molar-refractivity contribution in [3.63, 3.8) is 0 Å². The molecule has 0 radical (unpaired) electrons. The number of nitrogens with one attached hydrogen (secondary N) is 2. The smallest absolute Gasteiger partial charge is 0.328 e. The van der Waals surface area contributed by atoms with E-state index in [1.54, 1.807) is 6.07 Å². The summed E-state index contributed by atoms with van der Waals surface area (Å²) in [6, 6.07) is 2.66. The predicted molar refractivity (Wildman–Crippen MR) is 81.0 cm³/mol. The van der Waals surface area contributed by atoms with Crippen LogP contribution in [0.1, 0.15) is 13.8 Å². The first-order chi connectivity index (χ1) is 9.93. The number of nitrogens with zero attached hydrogens (tertiary/aromatic N) is 1. The second-order valence-corrected chi connectivity index (χ2v) is 5.08. The summed E-state index contributed by atoms with van der Waals surface area (Å²) in [6.45, 7) is 3.80. The number of aromatic amines is 1. The van der Waals surface area contributed by atoms with Gasteiger partial charge in [-0.2, -0.15) is 0 Å². The van der Waals surface area contributed by atoms with Gasteiger partial charge >= 0.3 is 5.97 Å². The molecule has 112 valence electrons. The van der Waals surface area contributed by atoms with E-state index in [1.165, 1.54) is 19.5 Å². The molecule has 1 atom stereocenters. The summed E-state index contributed by atoms with van der Waals surface area (Å²) in [5.74, 6) is -0.358. The molecule has 0 bridgehead atoms. The first kappa shape index (κ1) is 14.8. The number of rotatable bonds is 4. The third-order valence-corrected chi connectivity index (χ3v) is 3.24. The molecule has 21 heavy (non-hydrogen) atoms. The topological polar surface area (TPSA) is 110 Å². The normalized spacial score (nSPS) is 12.4. The SMILES string of the molecule is COC(=O)C(Nc1cc2nc[nH]c(=O)c2cc1N)C(C)C. The lowest BCUT2D eigenvalue weighted by atomic mass is 10.0. The summed E-state index contributed by atoms with van der Waals surface area (Å²) in [5.41, 5.74) is 7.11. The Morgan fingerprint density at radius 2 is 2.14 bits per heavy atom. The van der Waals surface area contributed by atoms with Gasteiger partial charge in [-0.25, -0.2) is 9.78 Å². The highest BCUT2D eigenvalue weighted by molar-refractivity contribution is 5.90. The van der Waals surface area contributed by atoms with Gasteiger partial charge in [0.05, 0.1) is 35.7 Å². The van der Waals surface area contributed by atoms with Gasteiger partial charge in [-0.05, 0) is 18.1 Å². The Morgan fingerprint density at radius 1 is 1.43 bits per heavy atom. The molecule has 2 aromatic rings. The largest absolute Gasteiger partial charge is 0.467 e. The first-order valence-corrected chi connectivity index (χ1v) is 6.55. The Labute approximate surface area is 121 Å². The van der Waals surface area contributed by atoms with Gasteiger partial charge in [0.15, 0.2) is 0 Å². The maximum atomic E-state index is 11.8. The maximum absolute atomic E-state index is 11.8. The van der Waals surface area contributed by atoms with Gasteiger partial charge < -0.3 is 20.8 Å². The lowest BCUT2D eigenvalue weighted by molar-refractivity contribution is -0.142. The number of nitrogens with two attached hydrogens (primary N) is 1. The highest BCUT2D eigenvalue weighted by Crippen LogP contribution is 2.25. The van der Waals surface area contributed by atoms with E-state index in [9.17, 15) is 9.59 Å². The van der Waals surface area contributed by atoms with E-state index in [-0.39, 0.29) is 17.4 Å². The zero-order chi connectivity index (χ0) is 15.6. The highest BCUT2D eigenvalue weighted by Gasteiger charge is 2.23. The van der Waals surface area contributed by atoms with Crippen LogP contribution in [0.3, 0.4) is 0 Å². The molecule has 0 aliphatic heterocycles. The standard InChI is InChI=1S/C14H18N4O3/c1-7(2)12(14(20)21-3)18-11-5-10-8(4-9(11)15)13(19)17-6-16-10/h4-7,12,18H,15H2,1-3H3,(H,16,17,19). The van der Waals surface area contributed by atoms with Crippen molar-refractivity contribution in [2.45, 2.75) is 19.9 Å². The Kier molecular flexibility index (Phi) is 4.11. The second-order valence-electron chi connectivity index (χ2n) is 5.08. The molecule has 1 aromatic carbocycles. The van der Waals surface area contributed by atoms with E-state index >= 15 is 0 Å². The Morgan fingerprint density at radius 3 is 2.76 bits per heavy atom. The molecule has 0 spiro atoms. The van der Waals surface area contributed by atoms with Crippen LogP contribution < -0.4 is 16.6 Å². The van der Waals surface area contributed by atoms with E-state index in [2.05, 4.69) is 15.3 Å². The van der Waals surface area contributed by atoms with Crippen LogP contribution in [0.4, 0.5) is 11.4 Å². The van der Waals surface area contributed by atoms with Crippen molar-refractivity contribution in [2.75, 3.05) is 18.2 Å². The van der Waals surface area contributed by atoms with E-state index in [1.807, 2.05) is 13.8 Å². The number of carbonyl (C=O) groups is 1. The minimum absolute atomic E-state index is 0.0136. The number of hydrogen-bond acceptors (Lipinski definition) is 6. The van der Waals surface area contributed by atoms with Gasteiger partial charge in [0.25, 0.3) is 5.56 Å². The van der Waals surface area contributed by atoms with Crippen LogP contribution in [0, 0.1) is 5.92 Å². The fourth-order valence-electron chi connectivity index (χ4n) is 2.05. The van der Waals surface area contributed by atoms with Crippen molar-refractivity contribution >= 4 is 28.2 Å². The zero-order valence-electron chi connectivity index (χ0n) is 12.1. The third-order valence-electron chi connectivity index (χ3n) is 3.24. The van der Waals surface area contributed by atoms with E-state index in [4.69, 9.17) is 10.5 Å². The maximum Gasteiger partial charge on any atom is 0.328 e. The van der Waals surface area contributed by atoms with E-state index in [0.29, 0.717) is 22.3 Å². The molecule has 0 amide bonds. The first-order valence-electron chi connectivity index (χ1n) is 6.55. The van der Waals surface area contributed by atoms with Crippen molar-refractivity contribution in [2.24, 2.45) is 5.92 Å². The number of fused-ring (bicyclic) bond motifs is 1. The molecule has 2 rings (SSSR count). The van der Waals surface area contributed by atoms with E-state index in [0.717, 1.165) is 0 Å². The zero-order valence-corrected chi connectivity index (χ0v) is 12.1. The second kappa shape index (κ2) is 5.82. The molecule has 0 aliphatic carbocycles. The average Bonchev–Trinajstić information content (AvgIpc) is 2.45. The predicted octanol–water partition coefficient (Wildman–Crippen LogP) is 1.11. The highest BCUT2D eigenvalue weighted by atomic mass is 16.5. The molecule has 0 fully saturated rings. The molecule has 4 N–H and O–H groups in total. The molecule has 0 aliphatic rings. The van der Waals surface area contributed by atoms with Gasteiger partial charge in [-0.3, -0.25) is 4.79 Å². The van der Waals surface area contributed by atoms with Crippen molar-refractivity contribution in [1.29, 1.82) is 0 Å². The quantitative estimate of drug-likeness (QED) is 0.575. The number of aromatic nitrogens is 2. The van der Waals surface area contributed by atoms with Crippen LogP contribution in [0.5, 0.6) is 0 Å². The van der Waals surface area contributed by atoms with Gasteiger partial charge in [-0.1, -0.05) is 13.8 Å². The molecule has 1 aromatic heterocycles. The number of methoxy groups -OCH3 is 1. The van der Waals surface area contributed by atoms with Gasteiger partial charge in [0, 0.05) is 0 Å². The molecule has 0 saturated heterocycles. The molecule has 7 heteroatoms. The number of nitrogen functional groups attached to an aromatic ring is 1. The van der Waals surface area contributed by atoms with Crippen LogP contribution >= 0.6 is 0 Å². The summed E-state index contributed by atoms with van der Waals surface area (Å²) >= 11 is 0. The number of anilines is 2. The van der Waals surface area contributed by atoms with Crippen LogP contribution in [-0.2, 0) is 9.53 Å². The van der Waals surface area contributed by atoms with Crippen LogP contribution in [0.2, 0.25) is 0 Å². The number of carbonyl (C=O) groups excluding carboxylic acids is 1. The lowest BCUT2D eigenvalue weighted by Crippen LogP contribution is -2.35. The van der Waals surface area contributed by atoms with Crippen LogP contribution in [0.15, 0.2) is 23.3 Å². The fraction of sp³-hybridized carbons (Fsp3) is 0.357. The minimum Gasteiger partial charge on any atom is -0.467 e. The monoisotopic (exact) mass is 290 g/mol. The molecule has 0 saturated carbocycles. The molecular formula is C14H18N4O3. The third kappa shape index (κ3) is 2.96. The number of esters is 1. The lowest BCUT2D eigenvalue weighted by Gasteiger charge is -2.22.